The smallest absolute Gasteiger partial charge is 0.316 e. The summed E-state index contributed by atoms with van der Waals surface area (Å²) in [6, 6.07) is 0.538. The van der Waals surface area contributed by atoms with Crippen molar-refractivity contribution in [1.82, 2.24) is 15.3 Å². The van der Waals surface area contributed by atoms with E-state index in [1.807, 2.05) is 13.1 Å². The van der Waals surface area contributed by atoms with Crippen LogP contribution >= 0.6 is 0 Å². The molecule has 0 saturated heterocycles. The first-order chi connectivity index (χ1) is 10.00. The van der Waals surface area contributed by atoms with Crippen LogP contribution in [0, 0.1) is 12.3 Å². The Balaban J connectivity index is 1.88. The zero-order valence-electron chi connectivity index (χ0n) is 13.9. The highest BCUT2D eigenvalue weighted by atomic mass is 16.5. The molecule has 2 rings (SSSR count). The van der Waals surface area contributed by atoms with Crippen molar-refractivity contribution < 1.29 is 4.74 Å². The van der Waals surface area contributed by atoms with Crippen LogP contribution < -0.4 is 10.1 Å². The van der Waals surface area contributed by atoms with Gasteiger partial charge in [0.1, 0.15) is 6.10 Å². The number of nitrogens with one attached hydrogen (secondary N) is 1. The Morgan fingerprint density at radius 2 is 2.05 bits per heavy atom. The zero-order chi connectivity index (χ0) is 15.3. The Morgan fingerprint density at radius 1 is 1.33 bits per heavy atom. The molecule has 1 aliphatic carbocycles. The van der Waals surface area contributed by atoms with Crippen LogP contribution in [0.3, 0.4) is 0 Å². The third kappa shape index (κ3) is 4.95. The normalized spacial score (nSPS) is 18.7. The van der Waals surface area contributed by atoms with Gasteiger partial charge in [0.2, 0.25) is 0 Å². The first kappa shape index (κ1) is 16.2. The van der Waals surface area contributed by atoms with E-state index in [1.165, 1.54) is 12.8 Å². The van der Waals surface area contributed by atoms with Gasteiger partial charge in [0, 0.05) is 24.0 Å². The second kappa shape index (κ2) is 7.21. The minimum absolute atomic E-state index is 0.279. The molecule has 4 nitrogen and oxygen atoms in total. The molecular weight excluding hydrogens is 262 g/mol. The van der Waals surface area contributed by atoms with E-state index in [2.05, 4.69) is 36.1 Å². The molecule has 4 heteroatoms. The number of hydrogen-bond acceptors (Lipinski definition) is 4. The number of aryl methyl sites for hydroxylation is 1. The van der Waals surface area contributed by atoms with Crippen LogP contribution in [0.5, 0.6) is 6.01 Å². The lowest BCUT2D eigenvalue weighted by atomic mass is 9.76. The summed E-state index contributed by atoms with van der Waals surface area (Å²) >= 11 is 0. The number of rotatable bonds is 6. The van der Waals surface area contributed by atoms with Crippen LogP contribution in [0.15, 0.2) is 6.20 Å². The molecule has 1 N–H and O–H groups in total. The molecule has 0 aliphatic heterocycles. The molecule has 0 radical (unpaired) electrons. The molecule has 118 valence electrons. The lowest BCUT2D eigenvalue weighted by molar-refractivity contribution is 0.0904. The SMILES string of the molecule is CCCNCc1cnc(OC2CCC(C)(C)CC2)nc1C. The number of hydrogen-bond donors (Lipinski definition) is 1. The van der Waals surface area contributed by atoms with Crippen molar-refractivity contribution in [3.05, 3.63) is 17.5 Å². The Kier molecular flexibility index (Phi) is 5.57. The summed E-state index contributed by atoms with van der Waals surface area (Å²) in [5.41, 5.74) is 2.63. The van der Waals surface area contributed by atoms with Gasteiger partial charge in [0.15, 0.2) is 0 Å². The zero-order valence-corrected chi connectivity index (χ0v) is 13.9. The van der Waals surface area contributed by atoms with Gasteiger partial charge < -0.3 is 10.1 Å². The molecule has 0 atom stereocenters. The summed E-state index contributed by atoms with van der Waals surface area (Å²) in [6.07, 6.45) is 7.96. The maximum atomic E-state index is 5.97. The largest absolute Gasteiger partial charge is 0.460 e. The lowest BCUT2D eigenvalue weighted by Gasteiger charge is -2.33. The summed E-state index contributed by atoms with van der Waals surface area (Å²) < 4.78 is 5.97. The van der Waals surface area contributed by atoms with E-state index in [0.717, 1.165) is 43.6 Å². The van der Waals surface area contributed by atoms with Crippen LogP contribution in [0.1, 0.15) is 64.1 Å². The van der Waals surface area contributed by atoms with E-state index in [1.54, 1.807) is 0 Å². The van der Waals surface area contributed by atoms with E-state index < -0.39 is 0 Å². The molecule has 0 amide bonds. The molecule has 1 heterocycles. The van der Waals surface area contributed by atoms with Gasteiger partial charge in [-0.2, -0.15) is 0 Å². The predicted molar refractivity (Wildman–Crippen MR) is 85.4 cm³/mol. The van der Waals surface area contributed by atoms with Gasteiger partial charge in [-0.15, -0.1) is 0 Å². The highest BCUT2D eigenvalue weighted by Crippen LogP contribution is 2.36. The minimum Gasteiger partial charge on any atom is -0.460 e. The maximum absolute atomic E-state index is 5.97. The Hall–Kier alpha value is -1.16. The van der Waals surface area contributed by atoms with Gasteiger partial charge in [0.25, 0.3) is 0 Å². The first-order valence-electron chi connectivity index (χ1n) is 8.20. The van der Waals surface area contributed by atoms with Crippen LogP contribution in [0.2, 0.25) is 0 Å². The van der Waals surface area contributed by atoms with E-state index >= 15 is 0 Å². The number of aromatic nitrogens is 2. The number of nitrogens with zero attached hydrogens (tertiary/aromatic N) is 2. The molecule has 21 heavy (non-hydrogen) atoms. The summed E-state index contributed by atoms with van der Waals surface area (Å²) in [7, 11) is 0. The van der Waals surface area contributed by atoms with Gasteiger partial charge >= 0.3 is 6.01 Å². The average Bonchev–Trinajstić information content (AvgIpc) is 2.44. The van der Waals surface area contributed by atoms with E-state index in [-0.39, 0.29) is 6.10 Å². The highest BCUT2D eigenvalue weighted by molar-refractivity contribution is 5.17. The Labute approximate surface area is 128 Å². The molecule has 1 aromatic heterocycles. The number of ether oxygens (including phenoxy) is 1. The van der Waals surface area contributed by atoms with Crippen LogP contribution in [0.4, 0.5) is 0 Å². The van der Waals surface area contributed by atoms with Crippen molar-refractivity contribution in [3.63, 3.8) is 0 Å². The van der Waals surface area contributed by atoms with Gasteiger partial charge in [-0.25, -0.2) is 9.97 Å². The maximum Gasteiger partial charge on any atom is 0.316 e. The monoisotopic (exact) mass is 291 g/mol. The van der Waals surface area contributed by atoms with Crippen LogP contribution in [-0.4, -0.2) is 22.6 Å². The molecule has 0 spiro atoms. The molecule has 1 aromatic rings. The highest BCUT2D eigenvalue weighted by Gasteiger charge is 2.28. The van der Waals surface area contributed by atoms with E-state index in [0.29, 0.717) is 11.4 Å². The fourth-order valence-electron chi connectivity index (χ4n) is 2.74. The molecule has 0 bridgehead atoms. The molecule has 0 aromatic carbocycles. The third-order valence-corrected chi connectivity index (χ3v) is 4.36. The Bertz CT molecular complexity index is 449. The molecule has 0 unspecified atom stereocenters. The second-order valence-corrected chi connectivity index (χ2v) is 6.92. The summed E-state index contributed by atoms with van der Waals surface area (Å²) in [5, 5.41) is 3.38. The fourth-order valence-corrected chi connectivity index (χ4v) is 2.74. The topological polar surface area (TPSA) is 47.0 Å². The summed E-state index contributed by atoms with van der Waals surface area (Å²) in [4.78, 5) is 8.88. The van der Waals surface area contributed by atoms with Crippen molar-refractivity contribution in [2.24, 2.45) is 5.41 Å². The summed E-state index contributed by atoms with van der Waals surface area (Å²) in [5.74, 6) is 0. The van der Waals surface area contributed by atoms with Crippen molar-refractivity contribution in [1.29, 1.82) is 0 Å². The minimum atomic E-state index is 0.279. The second-order valence-electron chi connectivity index (χ2n) is 6.92. The molecular formula is C17H29N3O. The fraction of sp³-hybridized carbons (Fsp3) is 0.765. The van der Waals surface area contributed by atoms with Crippen LogP contribution in [0.25, 0.3) is 0 Å². The van der Waals surface area contributed by atoms with Crippen molar-refractivity contribution >= 4 is 0 Å². The standard InChI is InChI=1S/C17H29N3O/c1-5-10-18-11-14-12-19-16(20-13(14)2)21-15-6-8-17(3,4)9-7-15/h12,15,18H,5-11H2,1-4H3. The van der Waals surface area contributed by atoms with Crippen molar-refractivity contribution in [3.8, 4) is 6.01 Å². The quantitative estimate of drug-likeness (QED) is 0.813. The third-order valence-electron chi connectivity index (χ3n) is 4.36. The Morgan fingerprint density at radius 3 is 2.67 bits per heavy atom. The molecule has 1 saturated carbocycles. The van der Waals surface area contributed by atoms with Gasteiger partial charge in [-0.1, -0.05) is 20.8 Å². The first-order valence-corrected chi connectivity index (χ1v) is 8.20. The van der Waals surface area contributed by atoms with Crippen LogP contribution in [-0.2, 0) is 6.54 Å². The van der Waals surface area contributed by atoms with Crippen molar-refractivity contribution in [2.75, 3.05) is 6.54 Å². The molecule has 1 fully saturated rings. The van der Waals surface area contributed by atoms with Gasteiger partial charge in [-0.3, -0.25) is 0 Å². The summed E-state index contributed by atoms with van der Waals surface area (Å²) in [6.45, 7) is 10.7. The van der Waals surface area contributed by atoms with Gasteiger partial charge in [0.05, 0.1) is 0 Å². The van der Waals surface area contributed by atoms with E-state index in [4.69, 9.17) is 4.74 Å². The predicted octanol–water partition coefficient (Wildman–Crippen LogP) is 3.63. The lowest BCUT2D eigenvalue weighted by Crippen LogP contribution is -2.29. The molecule has 1 aliphatic rings. The van der Waals surface area contributed by atoms with E-state index in [9.17, 15) is 0 Å². The van der Waals surface area contributed by atoms with Gasteiger partial charge in [-0.05, 0) is 51.0 Å². The van der Waals surface area contributed by atoms with Crippen molar-refractivity contribution in [2.45, 2.75) is 72.4 Å². The average molecular weight is 291 g/mol.